The Morgan fingerprint density at radius 1 is 1.07 bits per heavy atom. The van der Waals surface area contributed by atoms with Crippen LogP contribution in [0.5, 0.6) is 11.5 Å². The van der Waals surface area contributed by atoms with Crippen LogP contribution in [0.2, 0.25) is 0 Å². The van der Waals surface area contributed by atoms with Gasteiger partial charge in [0.25, 0.3) is 0 Å². The van der Waals surface area contributed by atoms with Crippen LogP contribution in [0.25, 0.3) is 0 Å². The van der Waals surface area contributed by atoms with Crippen molar-refractivity contribution in [3.05, 3.63) is 23.8 Å². The number of rotatable bonds is 10. The van der Waals surface area contributed by atoms with E-state index < -0.39 is 17.7 Å². The molecule has 1 aromatic carbocycles. The first kappa shape index (κ1) is 23.3. The highest BCUT2D eigenvalue weighted by Crippen LogP contribution is 2.26. The van der Waals surface area contributed by atoms with Gasteiger partial charge in [-0.1, -0.05) is 6.92 Å². The number of Topliss-reactive ketones (excluding diaryl/α,β-unsaturated/α-hetero) is 1. The zero-order chi connectivity index (χ0) is 21.2. The topological polar surface area (TPSA) is 100 Å². The predicted molar refractivity (Wildman–Crippen MR) is 103 cm³/mol. The smallest absolute Gasteiger partial charge is 0.408 e. The fourth-order valence-corrected chi connectivity index (χ4v) is 2.06. The number of hydrogen-bond donors (Lipinski definition) is 1. The molecule has 0 bridgehead atoms. The van der Waals surface area contributed by atoms with E-state index in [0.29, 0.717) is 23.7 Å². The summed E-state index contributed by atoms with van der Waals surface area (Å²) in [5, 5.41) is 2.43. The summed E-state index contributed by atoms with van der Waals surface area (Å²) in [6.07, 6.45) is 0.0730. The number of amides is 1. The first-order chi connectivity index (χ1) is 13.2. The van der Waals surface area contributed by atoms with Gasteiger partial charge in [0, 0.05) is 6.07 Å². The van der Waals surface area contributed by atoms with E-state index >= 15 is 0 Å². The molecule has 0 aliphatic heterocycles. The second-order valence-corrected chi connectivity index (χ2v) is 6.88. The highest BCUT2D eigenvalue weighted by atomic mass is 16.6. The van der Waals surface area contributed by atoms with Crippen molar-refractivity contribution in [2.24, 2.45) is 0 Å². The number of benzene rings is 1. The van der Waals surface area contributed by atoms with Crippen LogP contribution >= 0.6 is 0 Å². The molecule has 0 aliphatic rings. The highest BCUT2D eigenvalue weighted by molar-refractivity contribution is 6.01. The SMILES string of the molecule is CCCOc1cc(OCC(=O)OCC)ccc1C(=O)CNC(=O)OC(C)(C)C. The van der Waals surface area contributed by atoms with E-state index in [1.54, 1.807) is 33.8 Å². The summed E-state index contributed by atoms with van der Waals surface area (Å²) >= 11 is 0. The van der Waals surface area contributed by atoms with Crippen LogP contribution < -0.4 is 14.8 Å². The second kappa shape index (κ2) is 11.2. The third kappa shape index (κ3) is 8.75. The van der Waals surface area contributed by atoms with E-state index in [-0.39, 0.29) is 25.5 Å². The van der Waals surface area contributed by atoms with Gasteiger partial charge in [0.2, 0.25) is 0 Å². The summed E-state index contributed by atoms with van der Waals surface area (Å²) < 4.78 is 20.9. The van der Waals surface area contributed by atoms with Crippen LogP contribution in [0.4, 0.5) is 4.79 Å². The molecule has 1 amide bonds. The van der Waals surface area contributed by atoms with Crippen LogP contribution in [-0.4, -0.2) is 49.8 Å². The molecule has 0 heterocycles. The minimum absolute atomic E-state index is 0.236. The van der Waals surface area contributed by atoms with Gasteiger partial charge in [-0.25, -0.2) is 9.59 Å². The molecule has 1 aromatic rings. The lowest BCUT2D eigenvalue weighted by atomic mass is 10.1. The Morgan fingerprint density at radius 2 is 1.79 bits per heavy atom. The second-order valence-electron chi connectivity index (χ2n) is 6.88. The zero-order valence-electron chi connectivity index (χ0n) is 17.1. The molecule has 28 heavy (non-hydrogen) atoms. The van der Waals surface area contributed by atoms with Crippen LogP contribution in [-0.2, 0) is 14.3 Å². The van der Waals surface area contributed by atoms with E-state index in [1.165, 1.54) is 12.1 Å². The molecule has 156 valence electrons. The lowest BCUT2D eigenvalue weighted by Gasteiger charge is -2.19. The number of nitrogens with one attached hydrogen (secondary N) is 1. The Hall–Kier alpha value is -2.77. The Morgan fingerprint density at radius 3 is 2.39 bits per heavy atom. The van der Waals surface area contributed by atoms with Gasteiger partial charge in [0.15, 0.2) is 12.4 Å². The third-order valence-corrected chi connectivity index (χ3v) is 3.17. The summed E-state index contributed by atoms with van der Waals surface area (Å²) in [5.74, 6) is -0.135. The largest absolute Gasteiger partial charge is 0.493 e. The van der Waals surface area contributed by atoms with Gasteiger partial charge in [0.1, 0.15) is 17.1 Å². The maximum Gasteiger partial charge on any atom is 0.408 e. The molecule has 0 aromatic heterocycles. The molecular weight excluding hydrogens is 366 g/mol. The first-order valence-electron chi connectivity index (χ1n) is 9.21. The lowest BCUT2D eigenvalue weighted by Crippen LogP contribution is -2.35. The summed E-state index contributed by atoms with van der Waals surface area (Å²) in [4.78, 5) is 35.6. The monoisotopic (exact) mass is 395 g/mol. The number of ether oxygens (including phenoxy) is 4. The minimum atomic E-state index is -0.675. The standard InChI is InChI=1S/C20H29NO7/c1-6-10-26-17-11-14(27-13-18(23)25-7-2)8-9-15(17)16(22)12-21-19(24)28-20(3,4)5/h8-9,11H,6-7,10,12-13H2,1-5H3,(H,21,24). The normalized spacial score (nSPS) is 10.8. The summed E-state index contributed by atoms with van der Waals surface area (Å²) in [5.41, 5.74) is -0.353. The van der Waals surface area contributed by atoms with Crippen molar-refractivity contribution in [1.29, 1.82) is 0 Å². The molecule has 0 saturated carbocycles. The molecule has 0 unspecified atom stereocenters. The fourth-order valence-electron chi connectivity index (χ4n) is 2.06. The number of carbonyl (C=O) groups excluding carboxylic acids is 3. The molecule has 0 spiro atoms. The van der Waals surface area contributed by atoms with E-state index in [9.17, 15) is 14.4 Å². The maximum atomic E-state index is 12.5. The summed E-state index contributed by atoms with van der Waals surface area (Å²) in [7, 11) is 0. The average Bonchev–Trinajstić information content (AvgIpc) is 2.61. The van der Waals surface area contributed by atoms with Gasteiger partial charge in [-0.15, -0.1) is 0 Å². The van der Waals surface area contributed by atoms with E-state index in [4.69, 9.17) is 18.9 Å². The van der Waals surface area contributed by atoms with Gasteiger partial charge in [0.05, 0.1) is 25.3 Å². The molecular formula is C20H29NO7. The summed E-state index contributed by atoms with van der Waals surface area (Å²) in [6, 6.07) is 4.62. The van der Waals surface area contributed by atoms with E-state index in [2.05, 4.69) is 5.32 Å². The third-order valence-electron chi connectivity index (χ3n) is 3.17. The Bertz CT molecular complexity index is 680. The van der Waals surface area contributed by atoms with Gasteiger partial charge >= 0.3 is 12.1 Å². The Kier molecular flexibility index (Phi) is 9.27. The van der Waals surface area contributed by atoms with Crippen LogP contribution in [0.1, 0.15) is 51.4 Å². The molecule has 1 N–H and O–H groups in total. The number of hydrogen-bond acceptors (Lipinski definition) is 7. The van der Waals surface area contributed by atoms with Crippen molar-refractivity contribution < 1.29 is 33.3 Å². The average molecular weight is 395 g/mol. The van der Waals surface area contributed by atoms with E-state index in [1.807, 2.05) is 6.92 Å². The quantitative estimate of drug-likeness (QED) is 0.480. The van der Waals surface area contributed by atoms with Crippen molar-refractivity contribution in [2.75, 3.05) is 26.4 Å². The van der Waals surface area contributed by atoms with Crippen LogP contribution in [0.15, 0.2) is 18.2 Å². The summed E-state index contributed by atoms with van der Waals surface area (Å²) in [6.45, 7) is 9.05. The molecule has 0 radical (unpaired) electrons. The molecule has 0 atom stereocenters. The highest BCUT2D eigenvalue weighted by Gasteiger charge is 2.19. The Labute approximate surface area is 165 Å². The minimum Gasteiger partial charge on any atom is -0.493 e. The maximum absolute atomic E-state index is 12.5. The van der Waals surface area contributed by atoms with Crippen LogP contribution in [0, 0.1) is 0 Å². The number of esters is 1. The molecule has 8 nitrogen and oxygen atoms in total. The molecule has 0 saturated heterocycles. The van der Waals surface area contributed by atoms with Crippen molar-refractivity contribution in [3.63, 3.8) is 0 Å². The number of alkyl carbamates (subject to hydrolysis) is 1. The molecule has 8 heteroatoms. The number of carbonyl (C=O) groups is 3. The predicted octanol–water partition coefficient (Wildman–Crippen LogP) is 3.12. The zero-order valence-corrected chi connectivity index (χ0v) is 17.1. The molecule has 0 aliphatic carbocycles. The van der Waals surface area contributed by atoms with Gasteiger partial charge in [-0.3, -0.25) is 4.79 Å². The van der Waals surface area contributed by atoms with Gasteiger partial charge < -0.3 is 24.3 Å². The van der Waals surface area contributed by atoms with Gasteiger partial charge in [-0.2, -0.15) is 0 Å². The van der Waals surface area contributed by atoms with Crippen molar-refractivity contribution in [2.45, 2.75) is 46.6 Å². The molecule has 1 rings (SSSR count). The number of ketones is 1. The lowest BCUT2D eigenvalue weighted by molar-refractivity contribution is -0.145. The van der Waals surface area contributed by atoms with Crippen molar-refractivity contribution in [1.82, 2.24) is 5.32 Å². The van der Waals surface area contributed by atoms with E-state index in [0.717, 1.165) is 6.42 Å². The van der Waals surface area contributed by atoms with Crippen LogP contribution in [0.3, 0.4) is 0 Å². The van der Waals surface area contributed by atoms with Crippen molar-refractivity contribution >= 4 is 17.8 Å². The first-order valence-corrected chi connectivity index (χ1v) is 9.21. The van der Waals surface area contributed by atoms with Crippen molar-refractivity contribution in [3.8, 4) is 11.5 Å². The van der Waals surface area contributed by atoms with Gasteiger partial charge in [-0.05, 0) is 46.2 Å². The Balaban J connectivity index is 2.81. The molecule has 0 fully saturated rings. The fraction of sp³-hybridized carbons (Fsp3) is 0.550.